The summed E-state index contributed by atoms with van der Waals surface area (Å²) in [5.74, 6) is 0. The highest BCUT2D eigenvalue weighted by atomic mass is 16.5. The van der Waals surface area contributed by atoms with E-state index in [9.17, 15) is 0 Å². The average Bonchev–Trinajstić information content (AvgIpc) is 2.68. The van der Waals surface area contributed by atoms with Crippen LogP contribution in [0.15, 0.2) is 0 Å². The normalized spacial score (nSPS) is 27.4. The second-order valence-corrected chi connectivity index (χ2v) is 5.50. The minimum atomic E-state index is 0.123. The van der Waals surface area contributed by atoms with Gasteiger partial charge in [0.25, 0.3) is 0 Å². The van der Waals surface area contributed by atoms with Gasteiger partial charge in [0.1, 0.15) is 0 Å². The molecule has 3 nitrogen and oxygen atoms in total. The molecule has 0 spiro atoms. The maximum absolute atomic E-state index is 6.41. The van der Waals surface area contributed by atoms with Crippen LogP contribution in [0.25, 0.3) is 0 Å². The first kappa shape index (κ1) is 12.3. The maximum atomic E-state index is 6.41. The van der Waals surface area contributed by atoms with Crippen LogP contribution in [-0.4, -0.2) is 42.8 Å². The largest absolute Gasteiger partial charge is 0.378 e. The Morgan fingerprint density at radius 3 is 2.44 bits per heavy atom. The molecule has 0 unspecified atom stereocenters. The van der Waals surface area contributed by atoms with Crippen LogP contribution in [0.2, 0.25) is 0 Å². The minimum Gasteiger partial charge on any atom is -0.378 e. The summed E-state index contributed by atoms with van der Waals surface area (Å²) in [5.41, 5.74) is 6.53. The Balaban J connectivity index is 1.72. The molecular formula is C13H26N2O. The van der Waals surface area contributed by atoms with Crippen molar-refractivity contribution in [3.63, 3.8) is 0 Å². The molecule has 1 saturated carbocycles. The van der Waals surface area contributed by atoms with Crippen molar-refractivity contribution in [2.24, 2.45) is 5.73 Å². The molecule has 16 heavy (non-hydrogen) atoms. The molecule has 94 valence electrons. The molecule has 2 rings (SSSR count). The molecule has 2 aliphatic rings. The first-order valence-corrected chi connectivity index (χ1v) is 6.85. The van der Waals surface area contributed by atoms with Crippen molar-refractivity contribution in [2.75, 3.05) is 26.2 Å². The van der Waals surface area contributed by atoms with E-state index < -0.39 is 0 Å². The van der Waals surface area contributed by atoms with Crippen molar-refractivity contribution in [3.8, 4) is 0 Å². The van der Waals surface area contributed by atoms with Crippen molar-refractivity contribution in [1.29, 1.82) is 0 Å². The maximum Gasteiger partial charge on any atom is 0.0599 e. The Hall–Kier alpha value is -0.120. The lowest BCUT2D eigenvalue weighted by Gasteiger charge is -2.37. The van der Waals surface area contributed by atoms with E-state index in [2.05, 4.69) is 11.8 Å². The summed E-state index contributed by atoms with van der Waals surface area (Å²) in [4.78, 5) is 2.54. The first-order valence-electron chi connectivity index (χ1n) is 6.85. The van der Waals surface area contributed by atoms with Crippen molar-refractivity contribution in [3.05, 3.63) is 0 Å². The zero-order valence-corrected chi connectivity index (χ0v) is 10.6. The summed E-state index contributed by atoms with van der Waals surface area (Å²) in [6.45, 7) is 6.38. The van der Waals surface area contributed by atoms with Crippen molar-refractivity contribution < 1.29 is 4.74 Å². The number of likely N-dealkylation sites (tertiary alicyclic amines) is 1. The summed E-state index contributed by atoms with van der Waals surface area (Å²) in [5, 5.41) is 0. The zero-order valence-electron chi connectivity index (χ0n) is 10.6. The Labute approximate surface area is 99.3 Å². The minimum absolute atomic E-state index is 0.123. The summed E-state index contributed by atoms with van der Waals surface area (Å²) in [6.07, 6.45) is 7.96. The first-order chi connectivity index (χ1) is 7.72. The number of nitrogens with zero attached hydrogens (tertiary/aromatic N) is 1. The van der Waals surface area contributed by atoms with E-state index in [1.807, 2.05) is 0 Å². The smallest absolute Gasteiger partial charge is 0.0599 e. The van der Waals surface area contributed by atoms with E-state index in [4.69, 9.17) is 10.5 Å². The van der Waals surface area contributed by atoms with E-state index in [-0.39, 0.29) is 5.54 Å². The van der Waals surface area contributed by atoms with Crippen LogP contribution in [-0.2, 0) is 4.74 Å². The van der Waals surface area contributed by atoms with Crippen LogP contribution in [0, 0.1) is 0 Å². The van der Waals surface area contributed by atoms with Crippen LogP contribution >= 0.6 is 0 Å². The van der Waals surface area contributed by atoms with Crippen molar-refractivity contribution in [2.45, 2.75) is 57.1 Å². The summed E-state index contributed by atoms with van der Waals surface area (Å²) >= 11 is 0. The molecule has 1 aliphatic carbocycles. The van der Waals surface area contributed by atoms with Crippen molar-refractivity contribution >= 4 is 0 Å². The Kier molecular flexibility index (Phi) is 4.22. The molecule has 0 bridgehead atoms. The Bertz CT molecular complexity index is 206. The summed E-state index contributed by atoms with van der Waals surface area (Å²) < 4.78 is 5.67. The predicted octanol–water partition coefficient (Wildman–Crippen LogP) is 1.76. The standard InChI is InChI=1S/C13H26N2O/c1-2-16-12-5-9-15(10-6-12)11-13(14)7-3-4-8-13/h12H,2-11,14H2,1H3. The van der Waals surface area contributed by atoms with Gasteiger partial charge in [-0.3, -0.25) is 0 Å². The fourth-order valence-electron chi connectivity index (χ4n) is 3.15. The SMILES string of the molecule is CCOC1CCN(CC2(N)CCCC2)CC1. The van der Waals surface area contributed by atoms with Gasteiger partial charge < -0.3 is 15.4 Å². The van der Waals surface area contributed by atoms with Gasteiger partial charge in [0.05, 0.1) is 6.10 Å². The lowest BCUT2D eigenvalue weighted by Crippen LogP contribution is -2.50. The number of hydrogen-bond acceptors (Lipinski definition) is 3. The molecular weight excluding hydrogens is 200 g/mol. The molecule has 1 aliphatic heterocycles. The second kappa shape index (κ2) is 5.48. The van der Waals surface area contributed by atoms with Crippen LogP contribution in [0.3, 0.4) is 0 Å². The van der Waals surface area contributed by atoms with E-state index in [0.717, 1.165) is 13.2 Å². The number of hydrogen-bond donors (Lipinski definition) is 1. The van der Waals surface area contributed by atoms with Gasteiger partial charge in [-0.1, -0.05) is 12.8 Å². The third-order valence-corrected chi connectivity index (χ3v) is 4.07. The lowest BCUT2D eigenvalue weighted by atomic mass is 9.96. The molecule has 0 atom stereocenters. The van der Waals surface area contributed by atoms with Crippen LogP contribution in [0.1, 0.15) is 45.4 Å². The van der Waals surface area contributed by atoms with Gasteiger partial charge in [-0.15, -0.1) is 0 Å². The third-order valence-electron chi connectivity index (χ3n) is 4.07. The lowest BCUT2D eigenvalue weighted by molar-refractivity contribution is 0.00977. The molecule has 1 saturated heterocycles. The van der Waals surface area contributed by atoms with Crippen LogP contribution in [0.5, 0.6) is 0 Å². The van der Waals surface area contributed by atoms with Crippen LogP contribution < -0.4 is 5.73 Å². The van der Waals surface area contributed by atoms with Gasteiger partial charge in [0, 0.05) is 31.8 Å². The van der Waals surface area contributed by atoms with Crippen LogP contribution in [0.4, 0.5) is 0 Å². The molecule has 3 heteroatoms. The van der Waals surface area contributed by atoms with E-state index in [0.29, 0.717) is 6.10 Å². The number of ether oxygens (including phenoxy) is 1. The quantitative estimate of drug-likeness (QED) is 0.794. The van der Waals surface area contributed by atoms with Gasteiger partial charge in [-0.05, 0) is 32.6 Å². The van der Waals surface area contributed by atoms with E-state index >= 15 is 0 Å². The van der Waals surface area contributed by atoms with Gasteiger partial charge in [-0.2, -0.15) is 0 Å². The predicted molar refractivity (Wildman–Crippen MR) is 66.5 cm³/mol. The summed E-state index contributed by atoms with van der Waals surface area (Å²) in [6, 6.07) is 0. The molecule has 2 fully saturated rings. The number of rotatable bonds is 4. The Morgan fingerprint density at radius 1 is 1.25 bits per heavy atom. The molecule has 0 aromatic rings. The molecule has 1 heterocycles. The highest BCUT2D eigenvalue weighted by Crippen LogP contribution is 2.29. The van der Waals surface area contributed by atoms with Gasteiger partial charge >= 0.3 is 0 Å². The number of piperidine rings is 1. The molecule has 0 amide bonds. The monoisotopic (exact) mass is 226 g/mol. The number of nitrogens with two attached hydrogens (primary N) is 1. The second-order valence-electron chi connectivity index (χ2n) is 5.50. The Morgan fingerprint density at radius 2 is 1.88 bits per heavy atom. The molecule has 0 radical (unpaired) electrons. The fraction of sp³-hybridized carbons (Fsp3) is 1.00. The van der Waals surface area contributed by atoms with Crippen molar-refractivity contribution in [1.82, 2.24) is 4.90 Å². The van der Waals surface area contributed by atoms with E-state index in [1.165, 1.54) is 51.6 Å². The third kappa shape index (κ3) is 3.19. The van der Waals surface area contributed by atoms with Gasteiger partial charge in [0.15, 0.2) is 0 Å². The highest BCUT2D eigenvalue weighted by molar-refractivity contribution is 4.92. The molecule has 0 aromatic heterocycles. The van der Waals surface area contributed by atoms with E-state index in [1.54, 1.807) is 0 Å². The van der Waals surface area contributed by atoms with Gasteiger partial charge in [0.2, 0.25) is 0 Å². The van der Waals surface area contributed by atoms with Gasteiger partial charge in [-0.25, -0.2) is 0 Å². The highest BCUT2D eigenvalue weighted by Gasteiger charge is 2.32. The fourth-order valence-corrected chi connectivity index (χ4v) is 3.15. The average molecular weight is 226 g/mol. The zero-order chi connectivity index (χ0) is 11.4. The molecule has 2 N–H and O–H groups in total. The summed E-state index contributed by atoms with van der Waals surface area (Å²) in [7, 11) is 0. The topological polar surface area (TPSA) is 38.5 Å². The molecule has 0 aromatic carbocycles.